The molecule has 0 atom stereocenters. The molecule has 0 unspecified atom stereocenters. The summed E-state index contributed by atoms with van der Waals surface area (Å²) in [5.74, 6) is 1.50. The van der Waals surface area contributed by atoms with E-state index in [-0.39, 0.29) is 0 Å². The maximum Gasteiger partial charge on any atom is 0.181 e. The first-order valence-corrected chi connectivity index (χ1v) is 8.10. The number of aromatic nitrogens is 3. The zero-order valence-electron chi connectivity index (χ0n) is 14.2. The lowest BCUT2D eigenvalue weighted by Crippen LogP contribution is -1.84. The van der Waals surface area contributed by atoms with E-state index in [0.29, 0.717) is 5.82 Å². The number of aromatic amines is 1. The van der Waals surface area contributed by atoms with E-state index in [1.807, 2.05) is 32.1 Å². The van der Waals surface area contributed by atoms with E-state index in [2.05, 4.69) is 70.6 Å². The highest BCUT2D eigenvalue weighted by Gasteiger charge is 2.08. The second-order valence-electron chi connectivity index (χ2n) is 5.70. The van der Waals surface area contributed by atoms with Crippen LogP contribution in [-0.2, 0) is 0 Å². The van der Waals surface area contributed by atoms with E-state index >= 15 is 0 Å². The third kappa shape index (κ3) is 3.35. The Bertz CT molecular complexity index is 866. The van der Waals surface area contributed by atoms with Gasteiger partial charge in [0.1, 0.15) is 0 Å². The van der Waals surface area contributed by atoms with Crippen molar-refractivity contribution in [3.05, 3.63) is 78.1 Å². The summed E-state index contributed by atoms with van der Waals surface area (Å²) in [6.45, 7) is 6.08. The van der Waals surface area contributed by atoms with Crippen LogP contribution in [0.2, 0.25) is 0 Å². The summed E-state index contributed by atoms with van der Waals surface area (Å²) in [6.07, 6.45) is 6.03. The van der Waals surface area contributed by atoms with Crippen molar-refractivity contribution in [2.75, 3.05) is 0 Å². The van der Waals surface area contributed by atoms with Crippen LogP contribution in [0.3, 0.4) is 0 Å². The van der Waals surface area contributed by atoms with Crippen LogP contribution >= 0.6 is 0 Å². The van der Waals surface area contributed by atoms with Gasteiger partial charge in [0.15, 0.2) is 11.6 Å². The quantitative estimate of drug-likeness (QED) is 0.652. The Morgan fingerprint density at radius 3 is 2.04 bits per heavy atom. The number of nitrogens with one attached hydrogen (secondary N) is 1. The van der Waals surface area contributed by atoms with Crippen LogP contribution in [0.4, 0.5) is 0 Å². The Kier molecular flexibility index (Phi) is 4.71. The average Bonchev–Trinajstić information content (AvgIpc) is 3.10. The Hall–Kier alpha value is -2.94. The van der Waals surface area contributed by atoms with Gasteiger partial charge in [0, 0.05) is 11.1 Å². The lowest BCUT2D eigenvalue weighted by atomic mass is 10.0. The van der Waals surface area contributed by atoms with Gasteiger partial charge in [-0.2, -0.15) is 5.10 Å². The van der Waals surface area contributed by atoms with Crippen LogP contribution in [0.15, 0.2) is 66.8 Å². The number of nitrogens with zero attached hydrogens (tertiary/aromatic N) is 2. The second-order valence-corrected chi connectivity index (χ2v) is 5.70. The molecule has 3 heteroatoms. The van der Waals surface area contributed by atoms with Gasteiger partial charge in [0.2, 0.25) is 0 Å². The number of hydrogen-bond donors (Lipinski definition) is 1. The molecule has 24 heavy (non-hydrogen) atoms. The minimum Gasteiger partial charge on any atom is -0.259 e. The van der Waals surface area contributed by atoms with Crippen LogP contribution in [0.5, 0.6) is 0 Å². The number of hydrogen-bond acceptors (Lipinski definition) is 2. The van der Waals surface area contributed by atoms with Crippen molar-refractivity contribution < 1.29 is 0 Å². The van der Waals surface area contributed by atoms with Crippen LogP contribution in [0.25, 0.3) is 28.1 Å². The molecule has 0 aliphatic carbocycles. The maximum atomic E-state index is 4.60. The van der Waals surface area contributed by atoms with Gasteiger partial charge in [-0.15, -0.1) is 0 Å². The van der Waals surface area contributed by atoms with Gasteiger partial charge in [0.25, 0.3) is 0 Å². The second kappa shape index (κ2) is 7.09. The standard InChI is InChI=1S/C21H21N3/c1-4-6-16(5-2)20-22-21(24-23-20)19-13-11-18(12-14-19)17-9-7-15(3)8-10-17/h4-14H,1-3H3,(H,22,23,24)/b6-4?,16-5+. The number of aryl methyl sites for hydroxylation is 1. The first-order valence-electron chi connectivity index (χ1n) is 8.10. The molecule has 0 radical (unpaired) electrons. The van der Waals surface area contributed by atoms with Gasteiger partial charge >= 0.3 is 0 Å². The van der Waals surface area contributed by atoms with Crippen molar-refractivity contribution in [3.8, 4) is 22.5 Å². The topological polar surface area (TPSA) is 41.6 Å². The van der Waals surface area contributed by atoms with E-state index in [1.165, 1.54) is 16.7 Å². The highest BCUT2D eigenvalue weighted by atomic mass is 15.2. The van der Waals surface area contributed by atoms with Crippen molar-refractivity contribution in [1.29, 1.82) is 0 Å². The molecule has 1 heterocycles. The molecule has 2 aromatic carbocycles. The van der Waals surface area contributed by atoms with Crippen LogP contribution < -0.4 is 0 Å². The van der Waals surface area contributed by atoms with E-state index in [0.717, 1.165) is 17.0 Å². The summed E-state index contributed by atoms with van der Waals surface area (Å²) in [5.41, 5.74) is 5.71. The van der Waals surface area contributed by atoms with Gasteiger partial charge in [-0.25, -0.2) is 4.98 Å². The van der Waals surface area contributed by atoms with Crippen molar-refractivity contribution in [2.24, 2.45) is 0 Å². The molecule has 3 rings (SSSR count). The van der Waals surface area contributed by atoms with Gasteiger partial charge < -0.3 is 0 Å². The van der Waals surface area contributed by atoms with Gasteiger partial charge in [-0.1, -0.05) is 72.3 Å². The molecule has 1 N–H and O–H groups in total. The molecule has 0 fully saturated rings. The minimum absolute atomic E-state index is 0.712. The predicted octanol–water partition coefficient (Wildman–Crippen LogP) is 5.43. The smallest absolute Gasteiger partial charge is 0.181 e. The first kappa shape index (κ1) is 15.9. The number of benzene rings is 2. The third-order valence-electron chi connectivity index (χ3n) is 3.94. The Balaban J connectivity index is 1.86. The lowest BCUT2D eigenvalue weighted by molar-refractivity contribution is 1.08. The Morgan fingerprint density at radius 1 is 0.875 bits per heavy atom. The van der Waals surface area contributed by atoms with Crippen molar-refractivity contribution >= 4 is 5.57 Å². The fourth-order valence-electron chi connectivity index (χ4n) is 2.57. The average molecular weight is 315 g/mol. The Labute approximate surface area is 142 Å². The zero-order chi connectivity index (χ0) is 16.9. The molecular weight excluding hydrogens is 294 g/mol. The summed E-state index contributed by atoms with van der Waals surface area (Å²) in [6, 6.07) is 16.9. The SMILES string of the molecule is CC=C/C(=C\C)c1nc(-c2ccc(-c3ccc(C)cc3)cc2)n[nH]1. The predicted molar refractivity (Wildman–Crippen MR) is 100 cm³/mol. The van der Waals surface area contributed by atoms with E-state index in [1.54, 1.807) is 0 Å². The molecule has 3 nitrogen and oxygen atoms in total. The minimum atomic E-state index is 0.712. The summed E-state index contributed by atoms with van der Waals surface area (Å²) in [7, 11) is 0. The molecular formula is C21H21N3. The monoisotopic (exact) mass is 315 g/mol. The van der Waals surface area contributed by atoms with Crippen molar-refractivity contribution in [1.82, 2.24) is 15.2 Å². The molecule has 0 aliphatic rings. The summed E-state index contributed by atoms with van der Waals surface area (Å²) in [4.78, 5) is 4.60. The van der Waals surface area contributed by atoms with E-state index in [9.17, 15) is 0 Å². The highest BCUT2D eigenvalue weighted by molar-refractivity contribution is 5.71. The molecule has 0 aliphatic heterocycles. The molecule has 120 valence electrons. The maximum absolute atomic E-state index is 4.60. The molecule has 0 saturated heterocycles. The fraction of sp³-hybridized carbons (Fsp3) is 0.143. The van der Waals surface area contributed by atoms with Crippen LogP contribution in [0.1, 0.15) is 25.2 Å². The largest absolute Gasteiger partial charge is 0.259 e. The van der Waals surface area contributed by atoms with Crippen molar-refractivity contribution in [2.45, 2.75) is 20.8 Å². The van der Waals surface area contributed by atoms with Crippen molar-refractivity contribution in [3.63, 3.8) is 0 Å². The molecule has 1 aromatic heterocycles. The zero-order valence-corrected chi connectivity index (χ0v) is 14.2. The molecule has 0 spiro atoms. The first-order chi connectivity index (χ1) is 11.7. The van der Waals surface area contributed by atoms with Gasteiger partial charge in [0.05, 0.1) is 0 Å². The number of H-pyrrole nitrogens is 1. The summed E-state index contributed by atoms with van der Waals surface area (Å²) >= 11 is 0. The third-order valence-corrected chi connectivity index (χ3v) is 3.94. The molecule has 0 bridgehead atoms. The van der Waals surface area contributed by atoms with E-state index in [4.69, 9.17) is 0 Å². The van der Waals surface area contributed by atoms with Gasteiger partial charge in [-0.3, -0.25) is 5.10 Å². The molecule has 0 amide bonds. The summed E-state index contributed by atoms with van der Waals surface area (Å²) in [5, 5.41) is 7.35. The molecule has 3 aromatic rings. The number of rotatable bonds is 4. The van der Waals surface area contributed by atoms with Gasteiger partial charge in [-0.05, 0) is 31.9 Å². The van der Waals surface area contributed by atoms with Crippen LogP contribution in [-0.4, -0.2) is 15.2 Å². The normalized spacial score (nSPS) is 12.0. The summed E-state index contributed by atoms with van der Waals surface area (Å²) < 4.78 is 0. The highest BCUT2D eigenvalue weighted by Crippen LogP contribution is 2.24. The Morgan fingerprint density at radius 2 is 1.46 bits per heavy atom. The lowest BCUT2D eigenvalue weighted by Gasteiger charge is -2.03. The molecule has 0 saturated carbocycles. The van der Waals surface area contributed by atoms with E-state index < -0.39 is 0 Å². The number of allylic oxidation sites excluding steroid dienone is 4. The van der Waals surface area contributed by atoms with Crippen LogP contribution in [0, 0.1) is 6.92 Å². The fourth-order valence-corrected chi connectivity index (χ4v) is 2.57.